The number of ether oxygens (including phenoxy) is 3. The molecule has 0 bridgehead atoms. The number of phosphoric acid groups is 2. The molecule has 0 aromatic carbocycles. The van der Waals surface area contributed by atoms with Gasteiger partial charge in [-0.05, 0) is 103 Å². The summed E-state index contributed by atoms with van der Waals surface area (Å²) in [6.45, 7) is 2.52. The van der Waals surface area contributed by atoms with Gasteiger partial charge < -0.3 is 34.2 Å². The Labute approximate surface area is 565 Å². The highest BCUT2D eigenvalue weighted by Crippen LogP contribution is 2.45. The lowest BCUT2D eigenvalue weighted by Crippen LogP contribution is -2.30. The lowest BCUT2D eigenvalue weighted by Gasteiger charge is -2.21. The summed E-state index contributed by atoms with van der Waals surface area (Å²) in [6.07, 6.45) is 76.1. The van der Waals surface area contributed by atoms with Crippen LogP contribution >= 0.6 is 15.6 Å². The summed E-state index contributed by atoms with van der Waals surface area (Å²) in [5.74, 6) is -1.59. The molecule has 0 saturated heterocycles. The second kappa shape index (κ2) is 68.4. The fourth-order valence-electron chi connectivity index (χ4n) is 9.72. The third-order valence-corrected chi connectivity index (χ3v) is 17.2. The first kappa shape index (κ1) is 89.5. The molecule has 0 aromatic heterocycles. The van der Waals surface area contributed by atoms with Crippen LogP contribution in [0.3, 0.4) is 0 Å². The van der Waals surface area contributed by atoms with Crippen LogP contribution in [-0.4, -0.2) is 95.9 Å². The summed E-state index contributed by atoms with van der Waals surface area (Å²) in [5, 5.41) is 20.6. The predicted octanol–water partition coefficient (Wildman–Crippen LogP) is 20.6. The standard InChI is InChI=1S/C75H132O16P2/c1-4-7-10-13-16-19-22-24-26-28-30-31-32-33-34-35-36-37-39-41-42-44-47-49-52-55-58-61-73(78)85-64-70(76)65-87-92(81,82)88-66-71(77)67-89-93(83,84)90-69-72(91-75(80)63-60-57-54-51-46-21-18-15-12-9-6-3)68-86-74(79)62-59-56-53-50-48-45-43-40-38-29-27-25-23-20-17-14-11-8-5-2/h8,11,16-17,19-20,24-27,30-31,33-34,38,40,70-72,76-77H,4-7,9-10,12-15,18,21-23,28-29,32,35-37,39,41-69H2,1-3H3,(H,81,82)(H,83,84)/b11-8-,19-16-,20-17-,26-24-,27-25-,31-30-,34-33-,40-38-. The molecule has 5 atom stereocenters. The van der Waals surface area contributed by atoms with E-state index < -0.39 is 91.5 Å². The van der Waals surface area contributed by atoms with Crippen LogP contribution in [0, 0.1) is 0 Å². The number of unbranched alkanes of at least 4 members (excludes halogenated alkanes) is 30. The number of aliphatic hydroxyl groups excluding tert-OH is 2. The van der Waals surface area contributed by atoms with Crippen LogP contribution in [0.2, 0.25) is 0 Å². The Bertz CT molecular complexity index is 2080. The number of carbonyl (C=O) groups excluding carboxylic acids is 3. The SMILES string of the molecule is CC/C=C\C/C=C\C/C=C\C/C=C\CCCCCCCCC(=O)OCC(COP(=O)(O)OCC(O)COP(=O)(O)OCC(O)COC(=O)CCCCCCCCCCCCC/C=C\C/C=C\C/C=C\C/C=C\CCCCC)OC(=O)CCCCCCCCCCCCC. The maximum atomic E-state index is 12.9. The van der Waals surface area contributed by atoms with Gasteiger partial charge in [-0.15, -0.1) is 0 Å². The largest absolute Gasteiger partial charge is 0.472 e. The summed E-state index contributed by atoms with van der Waals surface area (Å²) in [4.78, 5) is 58.4. The van der Waals surface area contributed by atoms with Crippen LogP contribution in [-0.2, 0) is 55.8 Å². The highest BCUT2D eigenvalue weighted by Gasteiger charge is 2.29. The molecule has 0 amide bonds. The topological polar surface area (TPSA) is 231 Å². The smallest absolute Gasteiger partial charge is 0.463 e. The molecule has 5 unspecified atom stereocenters. The number of phosphoric ester groups is 2. The summed E-state index contributed by atoms with van der Waals surface area (Å²) in [6, 6.07) is 0. The van der Waals surface area contributed by atoms with Crippen LogP contribution in [0.4, 0.5) is 0 Å². The molecule has 0 aliphatic rings. The Morgan fingerprint density at radius 1 is 0.312 bits per heavy atom. The summed E-state index contributed by atoms with van der Waals surface area (Å²) >= 11 is 0. The molecule has 0 rings (SSSR count). The highest BCUT2D eigenvalue weighted by molar-refractivity contribution is 7.47. The number of allylic oxidation sites excluding steroid dienone is 16. The van der Waals surface area contributed by atoms with Gasteiger partial charge in [0.25, 0.3) is 0 Å². The quantitative estimate of drug-likeness (QED) is 0.0146. The van der Waals surface area contributed by atoms with Gasteiger partial charge in [0, 0.05) is 19.3 Å². The molecule has 4 N–H and O–H groups in total. The van der Waals surface area contributed by atoms with Crippen molar-refractivity contribution < 1.29 is 75.8 Å². The second-order valence-electron chi connectivity index (χ2n) is 24.4. The van der Waals surface area contributed by atoms with Crippen molar-refractivity contribution in [1.29, 1.82) is 0 Å². The van der Waals surface area contributed by atoms with Crippen LogP contribution < -0.4 is 0 Å². The van der Waals surface area contributed by atoms with Crippen molar-refractivity contribution in [1.82, 2.24) is 0 Å². The van der Waals surface area contributed by atoms with E-state index in [-0.39, 0.29) is 19.3 Å². The Morgan fingerprint density at radius 2 is 0.570 bits per heavy atom. The molecule has 18 heteroatoms. The minimum absolute atomic E-state index is 0.103. The van der Waals surface area contributed by atoms with E-state index >= 15 is 0 Å². The molecular formula is C75H132O16P2. The van der Waals surface area contributed by atoms with Gasteiger partial charge in [0.05, 0.1) is 26.4 Å². The monoisotopic (exact) mass is 1350 g/mol. The molecular weight excluding hydrogens is 1220 g/mol. The molecule has 0 aromatic rings. The average molecular weight is 1350 g/mol. The van der Waals surface area contributed by atoms with E-state index in [0.717, 1.165) is 135 Å². The van der Waals surface area contributed by atoms with E-state index in [1.165, 1.54) is 109 Å². The number of hydrogen-bond donors (Lipinski definition) is 4. The number of esters is 3. The summed E-state index contributed by atoms with van der Waals surface area (Å²) < 4.78 is 60.9. The van der Waals surface area contributed by atoms with Gasteiger partial charge in [0.15, 0.2) is 6.10 Å². The zero-order valence-electron chi connectivity index (χ0n) is 58.4. The number of hydrogen-bond acceptors (Lipinski definition) is 14. The zero-order chi connectivity index (χ0) is 68.1. The Balaban J connectivity index is 4.48. The number of aliphatic hydroxyl groups is 2. The van der Waals surface area contributed by atoms with Gasteiger partial charge in [-0.3, -0.25) is 32.5 Å². The highest BCUT2D eigenvalue weighted by atomic mass is 31.2. The van der Waals surface area contributed by atoms with Crippen molar-refractivity contribution in [3.63, 3.8) is 0 Å². The van der Waals surface area contributed by atoms with Gasteiger partial charge in [0.2, 0.25) is 0 Å². The van der Waals surface area contributed by atoms with E-state index in [1.807, 2.05) is 0 Å². The minimum Gasteiger partial charge on any atom is -0.463 e. The molecule has 93 heavy (non-hydrogen) atoms. The van der Waals surface area contributed by atoms with Crippen molar-refractivity contribution in [3.05, 3.63) is 97.2 Å². The maximum Gasteiger partial charge on any atom is 0.472 e. The first-order valence-corrected chi connectivity index (χ1v) is 39.5. The molecule has 16 nitrogen and oxygen atoms in total. The summed E-state index contributed by atoms with van der Waals surface area (Å²) in [7, 11) is -9.77. The van der Waals surface area contributed by atoms with E-state index in [0.29, 0.717) is 19.3 Å². The van der Waals surface area contributed by atoms with Crippen LogP contribution in [0.25, 0.3) is 0 Å². The van der Waals surface area contributed by atoms with Gasteiger partial charge in [-0.1, -0.05) is 279 Å². The van der Waals surface area contributed by atoms with Gasteiger partial charge in [-0.2, -0.15) is 0 Å². The summed E-state index contributed by atoms with van der Waals surface area (Å²) in [5.41, 5.74) is 0. The molecule has 0 radical (unpaired) electrons. The predicted molar refractivity (Wildman–Crippen MR) is 381 cm³/mol. The van der Waals surface area contributed by atoms with E-state index in [1.54, 1.807) is 0 Å². The van der Waals surface area contributed by atoms with Gasteiger partial charge in [-0.25, -0.2) is 9.13 Å². The second-order valence-corrected chi connectivity index (χ2v) is 27.3. The van der Waals surface area contributed by atoms with Crippen LogP contribution in [0.1, 0.15) is 303 Å². The molecule has 538 valence electrons. The molecule has 0 spiro atoms. The van der Waals surface area contributed by atoms with E-state index in [4.69, 9.17) is 32.3 Å². The number of carbonyl (C=O) groups is 3. The van der Waals surface area contributed by atoms with Crippen molar-refractivity contribution >= 4 is 33.6 Å². The average Bonchev–Trinajstić information content (AvgIpc) is 3.68. The minimum atomic E-state index is -4.92. The van der Waals surface area contributed by atoms with E-state index in [2.05, 4.69) is 118 Å². The third kappa shape index (κ3) is 69.6. The third-order valence-electron chi connectivity index (χ3n) is 15.3. The Kier molecular flexibility index (Phi) is 65.8. The van der Waals surface area contributed by atoms with Crippen molar-refractivity contribution in [2.75, 3.05) is 39.6 Å². The van der Waals surface area contributed by atoms with Crippen LogP contribution in [0.5, 0.6) is 0 Å². The fraction of sp³-hybridized carbons (Fsp3) is 0.747. The maximum absolute atomic E-state index is 12.9. The van der Waals surface area contributed by atoms with Crippen molar-refractivity contribution in [3.8, 4) is 0 Å². The van der Waals surface area contributed by atoms with E-state index in [9.17, 15) is 43.5 Å². The number of rotatable bonds is 69. The molecule has 0 aliphatic heterocycles. The molecule has 0 saturated carbocycles. The first-order valence-electron chi connectivity index (χ1n) is 36.5. The first-order chi connectivity index (χ1) is 45.2. The van der Waals surface area contributed by atoms with Crippen molar-refractivity contribution in [2.45, 2.75) is 322 Å². The fourth-order valence-corrected chi connectivity index (χ4v) is 11.3. The zero-order valence-corrected chi connectivity index (χ0v) is 60.2. The van der Waals surface area contributed by atoms with Gasteiger partial charge >= 0.3 is 33.6 Å². The van der Waals surface area contributed by atoms with Crippen molar-refractivity contribution in [2.24, 2.45) is 0 Å². The Morgan fingerprint density at radius 3 is 0.925 bits per heavy atom. The molecule has 0 aliphatic carbocycles. The van der Waals surface area contributed by atoms with Gasteiger partial charge in [0.1, 0.15) is 25.4 Å². The lowest BCUT2D eigenvalue weighted by atomic mass is 10.0. The molecule has 0 heterocycles. The molecule has 0 fully saturated rings. The lowest BCUT2D eigenvalue weighted by molar-refractivity contribution is -0.161. The Hall–Kier alpha value is -3.53. The normalized spacial score (nSPS) is 14.7. The van der Waals surface area contributed by atoms with Crippen LogP contribution in [0.15, 0.2) is 97.2 Å².